The lowest BCUT2D eigenvalue weighted by Gasteiger charge is -2.32. The molecule has 1 aromatic rings. The van der Waals surface area contributed by atoms with E-state index in [4.69, 9.17) is 0 Å². The average molecular weight is 264 g/mol. The van der Waals surface area contributed by atoms with Crippen LogP contribution in [0.15, 0.2) is 23.4 Å². The van der Waals surface area contributed by atoms with Crippen molar-refractivity contribution in [1.82, 2.24) is 9.88 Å². The van der Waals surface area contributed by atoms with Gasteiger partial charge in [0, 0.05) is 18.0 Å². The smallest absolute Gasteiger partial charge is 0.210 e. The minimum absolute atomic E-state index is 0.224. The highest BCUT2D eigenvalue weighted by Crippen LogP contribution is 2.30. The Labute approximate surface area is 113 Å². The number of pyridine rings is 1. The number of hydrogen-bond donors (Lipinski definition) is 0. The first kappa shape index (κ1) is 13.4. The van der Waals surface area contributed by atoms with Gasteiger partial charge in [0.2, 0.25) is 6.41 Å². The summed E-state index contributed by atoms with van der Waals surface area (Å²) in [6.07, 6.45) is 6.26. The number of nitrogens with zero attached hydrogens (tertiary/aromatic N) is 2. The van der Waals surface area contributed by atoms with Crippen LogP contribution in [0, 0.1) is 0 Å². The van der Waals surface area contributed by atoms with Gasteiger partial charge in [-0.25, -0.2) is 4.98 Å². The molecule has 1 atom stereocenters. The fourth-order valence-electron chi connectivity index (χ4n) is 2.34. The zero-order valence-corrected chi connectivity index (χ0v) is 11.8. The Morgan fingerprint density at radius 1 is 1.44 bits per heavy atom. The van der Waals surface area contributed by atoms with Crippen LogP contribution in [-0.2, 0) is 4.79 Å². The van der Waals surface area contributed by atoms with Crippen LogP contribution >= 0.6 is 11.8 Å². The molecular formula is C14H20N2OS. The first-order chi connectivity index (χ1) is 8.70. The summed E-state index contributed by atoms with van der Waals surface area (Å²) >= 11 is 1.77. The lowest BCUT2D eigenvalue weighted by atomic mass is 9.97. The zero-order chi connectivity index (χ0) is 13.0. The minimum atomic E-state index is 0.224. The molecule has 1 aromatic heterocycles. The second kappa shape index (κ2) is 6.23. The van der Waals surface area contributed by atoms with E-state index in [2.05, 4.69) is 31.0 Å². The largest absolute Gasteiger partial charge is 0.338 e. The molecule has 0 saturated carbocycles. The maximum atomic E-state index is 11.1. The van der Waals surface area contributed by atoms with Crippen molar-refractivity contribution in [2.45, 2.75) is 49.4 Å². The second-order valence-corrected chi connectivity index (χ2v) is 6.55. The van der Waals surface area contributed by atoms with E-state index in [1.165, 1.54) is 6.42 Å². The molecule has 0 aliphatic carbocycles. The van der Waals surface area contributed by atoms with E-state index in [0.717, 1.165) is 36.4 Å². The number of likely N-dealkylation sites (tertiary alicyclic amines) is 1. The molecule has 0 aromatic carbocycles. The summed E-state index contributed by atoms with van der Waals surface area (Å²) in [5.41, 5.74) is 1.16. The highest BCUT2D eigenvalue weighted by atomic mass is 32.2. The van der Waals surface area contributed by atoms with Crippen molar-refractivity contribution in [3.8, 4) is 0 Å². The van der Waals surface area contributed by atoms with Crippen LogP contribution in [0.25, 0.3) is 0 Å². The van der Waals surface area contributed by atoms with Gasteiger partial charge in [-0.3, -0.25) is 4.79 Å². The zero-order valence-electron chi connectivity index (χ0n) is 11.0. The lowest BCUT2D eigenvalue weighted by molar-refractivity contribution is -0.121. The van der Waals surface area contributed by atoms with Gasteiger partial charge in [0.05, 0.1) is 11.1 Å². The van der Waals surface area contributed by atoms with Crippen molar-refractivity contribution in [3.05, 3.63) is 23.9 Å². The Kier molecular flexibility index (Phi) is 4.64. The highest BCUT2D eigenvalue weighted by molar-refractivity contribution is 7.99. The van der Waals surface area contributed by atoms with Crippen LogP contribution in [0.1, 0.15) is 44.7 Å². The first-order valence-electron chi connectivity index (χ1n) is 6.54. The molecule has 1 fully saturated rings. The van der Waals surface area contributed by atoms with Gasteiger partial charge < -0.3 is 4.90 Å². The van der Waals surface area contributed by atoms with Crippen molar-refractivity contribution in [2.24, 2.45) is 0 Å². The molecule has 98 valence electrons. The summed E-state index contributed by atoms with van der Waals surface area (Å²) < 4.78 is 0. The van der Waals surface area contributed by atoms with Gasteiger partial charge in [-0.05, 0) is 30.9 Å². The SMILES string of the molecule is CC(C)Sc1ccc(C2CCCCN2C=O)cn1. The number of piperidine rings is 1. The quantitative estimate of drug-likeness (QED) is 0.618. The highest BCUT2D eigenvalue weighted by Gasteiger charge is 2.22. The van der Waals surface area contributed by atoms with Gasteiger partial charge in [0.1, 0.15) is 0 Å². The van der Waals surface area contributed by atoms with Crippen LogP contribution in [-0.4, -0.2) is 28.1 Å². The summed E-state index contributed by atoms with van der Waals surface area (Å²) in [5.74, 6) is 0. The second-order valence-electron chi connectivity index (χ2n) is 4.95. The molecule has 1 saturated heterocycles. The van der Waals surface area contributed by atoms with Crippen LogP contribution in [0.5, 0.6) is 0 Å². The maximum absolute atomic E-state index is 11.1. The van der Waals surface area contributed by atoms with Crippen LogP contribution in [0.3, 0.4) is 0 Å². The Bertz CT molecular complexity index is 391. The van der Waals surface area contributed by atoms with Crippen molar-refractivity contribution >= 4 is 18.2 Å². The third-order valence-electron chi connectivity index (χ3n) is 3.18. The van der Waals surface area contributed by atoms with Gasteiger partial charge in [-0.15, -0.1) is 11.8 Å². The molecule has 0 spiro atoms. The molecule has 1 aliphatic heterocycles. The van der Waals surface area contributed by atoms with Crippen LogP contribution in [0.4, 0.5) is 0 Å². The van der Waals surface area contributed by atoms with Crippen LogP contribution in [0.2, 0.25) is 0 Å². The molecule has 1 unspecified atom stereocenters. The Balaban J connectivity index is 2.10. The maximum Gasteiger partial charge on any atom is 0.210 e. The Morgan fingerprint density at radius 3 is 2.89 bits per heavy atom. The molecule has 2 heterocycles. The molecule has 0 radical (unpaired) electrons. The molecule has 3 nitrogen and oxygen atoms in total. The number of aromatic nitrogens is 1. The lowest BCUT2D eigenvalue weighted by Crippen LogP contribution is -2.32. The van der Waals surface area contributed by atoms with Crippen molar-refractivity contribution < 1.29 is 4.79 Å². The molecule has 18 heavy (non-hydrogen) atoms. The van der Waals surface area contributed by atoms with Crippen molar-refractivity contribution in [2.75, 3.05) is 6.54 Å². The van der Waals surface area contributed by atoms with Gasteiger partial charge in [-0.2, -0.15) is 0 Å². The number of amides is 1. The van der Waals surface area contributed by atoms with Gasteiger partial charge in [0.25, 0.3) is 0 Å². The number of rotatable bonds is 4. The minimum Gasteiger partial charge on any atom is -0.338 e. The van der Waals surface area contributed by atoms with E-state index in [-0.39, 0.29) is 6.04 Å². The summed E-state index contributed by atoms with van der Waals surface area (Å²) in [6.45, 7) is 5.20. The first-order valence-corrected chi connectivity index (χ1v) is 7.42. The van der Waals surface area contributed by atoms with E-state index in [1.54, 1.807) is 11.8 Å². The Hall–Kier alpha value is -1.03. The summed E-state index contributed by atoms with van der Waals surface area (Å²) in [5, 5.41) is 1.60. The summed E-state index contributed by atoms with van der Waals surface area (Å²) in [6, 6.07) is 4.41. The molecule has 1 aliphatic rings. The normalized spacial score (nSPS) is 20.2. The van der Waals surface area contributed by atoms with Gasteiger partial charge >= 0.3 is 0 Å². The third kappa shape index (κ3) is 3.25. The van der Waals surface area contributed by atoms with Crippen LogP contribution < -0.4 is 0 Å². The average Bonchev–Trinajstić information content (AvgIpc) is 2.39. The summed E-state index contributed by atoms with van der Waals surface area (Å²) in [7, 11) is 0. The topological polar surface area (TPSA) is 33.2 Å². The molecule has 4 heteroatoms. The predicted octanol–water partition coefficient (Wildman–Crippen LogP) is 3.27. The molecule has 1 amide bonds. The van der Waals surface area contributed by atoms with Crippen molar-refractivity contribution in [3.63, 3.8) is 0 Å². The fraction of sp³-hybridized carbons (Fsp3) is 0.571. The van der Waals surface area contributed by atoms with E-state index >= 15 is 0 Å². The molecule has 0 bridgehead atoms. The molecular weight excluding hydrogens is 244 g/mol. The van der Waals surface area contributed by atoms with E-state index in [9.17, 15) is 4.79 Å². The van der Waals surface area contributed by atoms with Gasteiger partial charge in [0.15, 0.2) is 0 Å². The van der Waals surface area contributed by atoms with E-state index in [1.807, 2.05) is 11.1 Å². The van der Waals surface area contributed by atoms with Gasteiger partial charge in [-0.1, -0.05) is 19.9 Å². The predicted molar refractivity (Wildman–Crippen MR) is 74.6 cm³/mol. The van der Waals surface area contributed by atoms with Crippen molar-refractivity contribution in [1.29, 1.82) is 0 Å². The number of thioether (sulfide) groups is 1. The summed E-state index contributed by atoms with van der Waals surface area (Å²) in [4.78, 5) is 17.4. The van der Waals surface area contributed by atoms with E-state index in [0.29, 0.717) is 5.25 Å². The number of carbonyl (C=O) groups is 1. The third-order valence-corrected chi connectivity index (χ3v) is 4.13. The van der Waals surface area contributed by atoms with E-state index < -0.39 is 0 Å². The number of hydrogen-bond acceptors (Lipinski definition) is 3. The monoisotopic (exact) mass is 264 g/mol. The fourth-order valence-corrected chi connectivity index (χ4v) is 3.08. The number of carbonyl (C=O) groups excluding carboxylic acids is 1. The molecule has 2 rings (SSSR count). The standard InChI is InChI=1S/C14H20N2OS/c1-11(2)18-14-7-6-12(9-15-14)13-5-3-4-8-16(13)10-17/h6-7,9-11,13H,3-5,8H2,1-2H3. The Morgan fingerprint density at radius 2 is 2.28 bits per heavy atom. The molecule has 0 N–H and O–H groups in total.